The number of rotatable bonds is 6. The van der Waals surface area contributed by atoms with Crippen LogP contribution in [0.1, 0.15) is 38.3 Å². The van der Waals surface area contributed by atoms with Crippen LogP contribution in [0.5, 0.6) is 0 Å². The average Bonchev–Trinajstić information content (AvgIpc) is 3.45. The zero-order valence-corrected chi connectivity index (χ0v) is 24.6. The Bertz CT molecular complexity index is 1680. The van der Waals surface area contributed by atoms with E-state index in [1.54, 1.807) is 29.3 Å². The van der Waals surface area contributed by atoms with Crippen LogP contribution in [0.25, 0.3) is 15.9 Å². The van der Waals surface area contributed by atoms with Crippen LogP contribution in [0.15, 0.2) is 35.5 Å². The van der Waals surface area contributed by atoms with E-state index in [4.69, 9.17) is 29.8 Å². The van der Waals surface area contributed by atoms with Gasteiger partial charge in [0.15, 0.2) is 0 Å². The number of aliphatic imine (C=N–C) groups is 1. The molecule has 2 aliphatic rings. The monoisotopic (exact) mass is 642 g/mol. The minimum atomic E-state index is -1.52. The van der Waals surface area contributed by atoms with Gasteiger partial charge in [0, 0.05) is 43.5 Å². The molecule has 0 spiro atoms. The number of hydrogen-bond acceptors (Lipinski definition) is 7. The Balaban J connectivity index is 1.31. The molecule has 0 bridgehead atoms. The molecule has 1 fully saturated rings. The van der Waals surface area contributed by atoms with Crippen molar-refractivity contribution in [2.24, 2.45) is 4.99 Å². The maximum atomic E-state index is 13.3. The minimum Gasteiger partial charge on any atom is -0.480 e. The van der Waals surface area contributed by atoms with Crippen LogP contribution < -0.4 is 10.7 Å². The summed E-state index contributed by atoms with van der Waals surface area (Å²) in [6.07, 6.45) is 0.444. The molecule has 5 rings (SSSR count). The van der Waals surface area contributed by atoms with Crippen LogP contribution >= 0.6 is 23.2 Å². The topological polar surface area (TPSA) is 188 Å². The summed E-state index contributed by atoms with van der Waals surface area (Å²) in [4.78, 5) is 48.8. The Morgan fingerprint density at radius 1 is 1.18 bits per heavy atom. The molecular weight excluding hydrogens is 615 g/mol. The number of aliphatic hydroxyl groups is 2. The SMILES string of the molecule is [C-]#[N+]NC(=NC[C@H](NC(=O)c1c(Cl)cc2c(c1Cl)CCN(C(=O)c1ccc3cn[nH]c3c1)C2)C(=O)O)N1C[C@H](O)C[C@@H](O)C1. The number of guanidine groups is 1. The molecule has 0 aliphatic carbocycles. The van der Waals surface area contributed by atoms with Crippen molar-refractivity contribution in [3.8, 4) is 0 Å². The van der Waals surface area contributed by atoms with Crippen LogP contribution in [-0.4, -0.2) is 103 Å². The minimum absolute atomic E-state index is 0.0151. The summed E-state index contributed by atoms with van der Waals surface area (Å²) >= 11 is 13.1. The van der Waals surface area contributed by atoms with Crippen LogP contribution in [0.3, 0.4) is 0 Å². The number of H-pyrrole nitrogens is 1. The van der Waals surface area contributed by atoms with Crippen molar-refractivity contribution in [2.75, 3.05) is 26.2 Å². The molecule has 2 aromatic carbocycles. The van der Waals surface area contributed by atoms with E-state index in [0.29, 0.717) is 29.7 Å². The molecule has 0 radical (unpaired) electrons. The number of aliphatic carboxylic acids is 1. The summed E-state index contributed by atoms with van der Waals surface area (Å²) in [5, 5.41) is 39.9. The number of aliphatic hydroxyl groups excluding tert-OH is 2. The molecule has 230 valence electrons. The maximum absolute atomic E-state index is 13.3. The van der Waals surface area contributed by atoms with Gasteiger partial charge in [-0.2, -0.15) is 16.6 Å². The van der Waals surface area contributed by atoms with E-state index in [1.807, 2.05) is 6.07 Å². The average molecular weight is 643 g/mol. The zero-order chi connectivity index (χ0) is 31.5. The molecule has 44 heavy (non-hydrogen) atoms. The van der Waals surface area contributed by atoms with E-state index in [9.17, 15) is 29.7 Å². The van der Waals surface area contributed by atoms with Crippen molar-refractivity contribution in [1.29, 1.82) is 0 Å². The second-order valence-electron chi connectivity index (χ2n) is 10.5. The first-order chi connectivity index (χ1) is 21.0. The highest BCUT2D eigenvalue weighted by atomic mass is 35.5. The van der Waals surface area contributed by atoms with Crippen molar-refractivity contribution < 1.29 is 29.7 Å². The number of carbonyl (C=O) groups excluding carboxylic acids is 2. The standard InChI is InChI=1S/C28H28Cl2N8O6/c1-31-36-28(38-12-17(39)8-18(40)13-38)32-10-22(27(43)44)34-25(41)23-20(29)6-16-11-37(5-4-19(16)24(23)30)26(42)14-2-3-15-9-33-35-21(15)7-14/h2-3,6-7,9,17-18,22,39-40H,4-5,8,10-13H2,(H,32,36)(H,33,35)(H,34,41)(H,43,44)/t17-,18-,22+/m1/s1. The number of carboxylic acids is 1. The largest absolute Gasteiger partial charge is 0.480 e. The number of nitrogens with zero attached hydrogens (tertiary/aromatic N) is 5. The van der Waals surface area contributed by atoms with Crippen LogP contribution in [-0.2, 0) is 17.8 Å². The molecule has 0 saturated carbocycles. The fourth-order valence-corrected chi connectivity index (χ4v) is 6.12. The lowest BCUT2D eigenvalue weighted by molar-refractivity contribution is -0.138. The Morgan fingerprint density at radius 2 is 1.93 bits per heavy atom. The first-order valence-electron chi connectivity index (χ1n) is 13.6. The fourth-order valence-electron chi connectivity index (χ4n) is 5.36. The normalized spacial score (nSPS) is 19.2. The lowest BCUT2D eigenvalue weighted by Gasteiger charge is -2.33. The van der Waals surface area contributed by atoms with Gasteiger partial charge in [-0.3, -0.25) is 14.7 Å². The number of carbonyl (C=O) groups is 3. The molecule has 2 amide bonds. The molecule has 6 N–H and O–H groups in total. The first kappa shape index (κ1) is 31.0. The van der Waals surface area contributed by atoms with Crippen molar-refractivity contribution in [1.82, 2.24) is 30.7 Å². The van der Waals surface area contributed by atoms with E-state index in [2.05, 4.69) is 30.9 Å². The van der Waals surface area contributed by atoms with Gasteiger partial charge >= 0.3 is 5.97 Å². The number of benzene rings is 2. The van der Waals surface area contributed by atoms with E-state index in [0.717, 1.165) is 10.9 Å². The number of nitrogens with one attached hydrogen (secondary N) is 3. The van der Waals surface area contributed by atoms with Crippen molar-refractivity contribution in [2.45, 2.75) is 37.6 Å². The summed E-state index contributed by atoms with van der Waals surface area (Å²) in [7, 11) is 0. The molecule has 1 saturated heterocycles. The first-order valence-corrected chi connectivity index (χ1v) is 14.3. The third kappa shape index (κ3) is 6.56. The second-order valence-corrected chi connectivity index (χ2v) is 11.3. The molecule has 16 heteroatoms. The number of likely N-dealkylation sites (tertiary alicyclic amines) is 1. The van der Waals surface area contributed by atoms with Gasteiger partial charge in [0.05, 0.1) is 46.1 Å². The number of halogens is 2. The highest BCUT2D eigenvalue weighted by Crippen LogP contribution is 2.35. The lowest BCUT2D eigenvalue weighted by Crippen LogP contribution is -2.52. The second kappa shape index (κ2) is 13.1. The van der Waals surface area contributed by atoms with Gasteiger partial charge in [-0.05, 0) is 35.7 Å². The van der Waals surface area contributed by atoms with E-state index in [-0.39, 0.29) is 53.5 Å². The number of aromatic nitrogens is 2. The summed E-state index contributed by atoms with van der Waals surface area (Å²) in [6.45, 7) is 7.34. The summed E-state index contributed by atoms with van der Waals surface area (Å²) < 4.78 is 0. The zero-order valence-electron chi connectivity index (χ0n) is 23.1. The van der Waals surface area contributed by atoms with Crippen molar-refractivity contribution >= 4 is 57.8 Å². The van der Waals surface area contributed by atoms with Gasteiger partial charge in [-0.15, -0.1) is 0 Å². The number of piperidine rings is 1. The maximum Gasteiger partial charge on any atom is 0.328 e. The highest BCUT2D eigenvalue weighted by Gasteiger charge is 2.31. The lowest BCUT2D eigenvalue weighted by atomic mass is 9.96. The molecule has 0 unspecified atom stereocenters. The molecular formula is C28H28Cl2N8O6. The van der Waals surface area contributed by atoms with Crippen molar-refractivity contribution in [3.05, 3.63) is 74.3 Å². The number of hydrogen-bond donors (Lipinski definition) is 6. The van der Waals surface area contributed by atoms with Gasteiger partial charge in [0.2, 0.25) is 0 Å². The van der Waals surface area contributed by atoms with Crippen LogP contribution in [0.4, 0.5) is 0 Å². The molecule has 1 aromatic heterocycles. The smallest absolute Gasteiger partial charge is 0.328 e. The van der Waals surface area contributed by atoms with Crippen LogP contribution in [0, 0.1) is 6.57 Å². The predicted molar refractivity (Wildman–Crippen MR) is 160 cm³/mol. The highest BCUT2D eigenvalue weighted by molar-refractivity contribution is 6.40. The molecule has 3 heterocycles. The van der Waals surface area contributed by atoms with Crippen LogP contribution in [0.2, 0.25) is 10.0 Å². The number of aromatic amines is 1. The number of β-amino-alcohol motifs (C(OH)–C–C–N with tert-alkyl or cyclic N) is 2. The number of carboxylic acid groups (broad SMARTS) is 1. The van der Waals surface area contributed by atoms with Gasteiger partial charge in [0.25, 0.3) is 17.8 Å². The van der Waals surface area contributed by atoms with Gasteiger partial charge < -0.3 is 30.4 Å². The van der Waals surface area contributed by atoms with Crippen molar-refractivity contribution in [3.63, 3.8) is 0 Å². The molecule has 2 aliphatic heterocycles. The van der Waals surface area contributed by atoms with Gasteiger partial charge in [-0.25, -0.2) is 9.79 Å². The van der Waals surface area contributed by atoms with E-state index >= 15 is 0 Å². The Morgan fingerprint density at radius 3 is 2.64 bits per heavy atom. The predicted octanol–water partition coefficient (Wildman–Crippen LogP) is 1.46. The van der Waals surface area contributed by atoms with Gasteiger partial charge in [-0.1, -0.05) is 34.7 Å². The Hall–Kier alpha value is -4.42. The summed E-state index contributed by atoms with van der Waals surface area (Å²) in [5.74, 6) is -2.46. The molecule has 3 aromatic rings. The molecule has 14 nitrogen and oxygen atoms in total. The summed E-state index contributed by atoms with van der Waals surface area (Å²) in [6, 6.07) is 5.30. The van der Waals surface area contributed by atoms with E-state index < -0.39 is 36.7 Å². The van der Waals surface area contributed by atoms with Gasteiger partial charge in [0.1, 0.15) is 6.04 Å². The third-order valence-corrected chi connectivity index (χ3v) is 8.21. The quantitative estimate of drug-likeness (QED) is 0.100. The number of amides is 2. The van der Waals surface area contributed by atoms with E-state index in [1.165, 1.54) is 4.90 Å². The molecule has 3 atom stereocenters. The Labute approximate surface area is 261 Å². The Kier molecular flexibility index (Phi) is 9.21. The summed E-state index contributed by atoms with van der Waals surface area (Å²) in [5.41, 5.74) is 4.74. The fraction of sp³-hybridized carbons (Fsp3) is 0.357. The third-order valence-electron chi connectivity index (χ3n) is 7.50. The number of fused-ring (bicyclic) bond motifs is 2.